The van der Waals surface area contributed by atoms with E-state index in [1.165, 1.54) is 33.0 Å². The maximum atomic E-state index is 10.7. The average Bonchev–Trinajstić information content (AvgIpc) is 3.10. The van der Waals surface area contributed by atoms with E-state index in [9.17, 15) is 13.2 Å². The Balaban J connectivity index is 0.000000168. The summed E-state index contributed by atoms with van der Waals surface area (Å²) in [5, 5.41) is 2.42. The summed E-state index contributed by atoms with van der Waals surface area (Å²) in [7, 11) is -5.84. The first-order valence-corrected chi connectivity index (χ1v) is 18.4. The first-order valence-electron chi connectivity index (χ1n) is 16.9. The largest absolute Gasteiger partial charge is 0.522 e. The zero-order valence-corrected chi connectivity index (χ0v) is 32.7. The number of halogens is 3. The van der Waals surface area contributed by atoms with Gasteiger partial charge in [0.1, 0.15) is 23.8 Å². The molecule has 7 nitrogen and oxygen atoms in total. The minimum atomic E-state index is -5.84. The molecule has 4 heterocycles. The number of aromatic nitrogens is 2. The molecule has 4 aromatic carbocycles. The maximum absolute atomic E-state index is 10.7. The molecule has 0 atom stereocenters. The van der Waals surface area contributed by atoms with E-state index in [2.05, 4.69) is 113 Å². The summed E-state index contributed by atoms with van der Waals surface area (Å²) in [5.74, 6) is 3.03. The van der Waals surface area contributed by atoms with Crippen molar-refractivity contribution in [1.29, 1.82) is 0 Å². The van der Waals surface area contributed by atoms with E-state index in [0.717, 1.165) is 57.9 Å². The second kappa shape index (κ2) is 16.3. The Bertz CT molecular complexity index is 2220. The van der Waals surface area contributed by atoms with Crippen molar-refractivity contribution in [2.75, 3.05) is 0 Å². The van der Waals surface area contributed by atoms with Crippen molar-refractivity contribution in [2.24, 2.45) is 11.8 Å². The molecule has 0 bridgehead atoms. The van der Waals surface area contributed by atoms with Gasteiger partial charge < -0.3 is 9.47 Å². The van der Waals surface area contributed by atoms with Gasteiger partial charge in [0, 0.05) is 42.1 Å². The van der Waals surface area contributed by atoms with Gasteiger partial charge in [0.25, 0.3) is 0 Å². The fourth-order valence-corrected chi connectivity index (χ4v) is 6.31. The second-order valence-corrected chi connectivity index (χ2v) is 15.0. The number of pyridine rings is 2. The summed E-state index contributed by atoms with van der Waals surface area (Å²) in [4.78, 5) is 9.77. The van der Waals surface area contributed by atoms with E-state index < -0.39 is 15.6 Å². The van der Waals surface area contributed by atoms with Gasteiger partial charge in [-0.2, -0.15) is 21.6 Å². The van der Waals surface area contributed by atoms with Gasteiger partial charge in [0.15, 0.2) is 0 Å². The van der Waals surface area contributed by atoms with E-state index in [1.807, 2.05) is 12.1 Å². The smallest absolute Gasteiger partial charge is 0.506 e. The monoisotopic (exact) mass is 920 g/mol. The molecule has 0 amide bonds. The number of nitrogens with zero attached hydrogens (tertiary/aromatic N) is 2. The Labute approximate surface area is 320 Å². The molecule has 53 heavy (non-hydrogen) atoms. The van der Waals surface area contributed by atoms with Crippen LogP contribution < -0.4 is 9.47 Å². The molecule has 6 aromatic rings. The third-order valence-corrected chi connectivity index (χ3v) is 9.18. The fourth-order valence-electron chi connectivity index (χ4n) is 6.31. The zero-order valence-electron chi connectivity index (χ0n) is 29.5. The van der Waals surface area contributed by atoms with Crippen molar-refractivity contribution in [3.8, 4) is 34.0 Å². The number of hydrogen-bond donors (Lipinski definition) is 1. The predicted octanol–water partition coefficient (Wildman–Crippen LogP) is 10.2. The van der Waals surface area contributed by atoms with Crippen LogP contribution in [0.2, 0.25) is 0 Å². The molecule has 1 N–H and O–H groups in total. The van der Waals surface area contributed by atoms with Crippen LogP contribution in [0, 0.1) is 17.9 Å². The maximum Gasteiger partial charge on any atom is 0.522 e. The minimum Gasteiger partial charge on any atom is -0.506 e. The first kappa shape index (κ1) is 39.8. The molecule has 0 unspecified atom stereocenters. The van der Waals surface area contributed by atoms with Crippen molar-refractivity contribution >= 4 is 31.9 Å². The van der Waals surface area contributed by atoms with E-state index in [0.29, 0.717) is 25.0 Å². The quantitative estimate of drug-likeness (QED) is 0.107. The third kappa shape index (κ3) is 9.07. The van der Waals surface area contributed by atoms with Crippen molar-refractivity contribution in [1.82, 2.24) is 9.97 Å². The molecule has 12 heteroatoms. The second-order valence-electron chi connectivity index (χ2n) is 13.6. The molecule has 0 spiro atoms. The molecule has 2 aromatic heterocycles. The Morgan fingerprint density at radius 1 is 0.736 bits per heavy atom. The van der Waals surface area contributed by atoms with Crippen molar-refractivity contribution < 1.29 is 55.7 Å². The summed E-state index contributed by atoms with van der Waals surface area (Å²) in [5.41, 5.74) is 5.75. The Morgan fingerprint density at radius 3 is 1.77 bits per heavy atom. The summed E-state index contributed by atoms with van der Waals surface area (Å²) in [6.45, 7) is 10.2. The van der Waals surface area contributed by atoms with Crippen LogP contribution in [0.3, 0.4) is 0 Å². The van der Waals surface area contributed by atoms with E-state index in [4.69, 9.17) is 32.4 Å². The summed E-state index contributed by atoms with van der Waals surface area (Å²) in [6, 6.07) is 34.8. The number of hydrogen-bond acceptors (Lipinski definition) is 6. The molecule has 0 saturated heterocycles. The zero-order chi connectivity index (χ0) is 37.2. The summed E-state index contributed by atoms with van der Waals surface area (Å²) in [6.07, 6.45) is 2.12. The normalized spacial score (nSPS) is 12.8. The number of rotatable bonds is 4. The molecule has 2 aliphatic rings. The number of fused-ring (bicyclic) bond motifs is 8. The molecule has 0 aliphatic carbocycles. The average molecular weight is 920 g/mol. The molecule has 8 rings (SSSR count). The van der Waals surface area contributed by atoms with Crippen LogP contribution in [0.5, 0.6) is 11.5 Å². The molecule has 0 saturated carbocycles. The van der Waals surface area contributed by atoms with Crippen LogP contribution in [-0.4, -0.2) is 28.4 Å². The Morgan fingerprint density at radius 2 is 1.23 bits per heavy atom. The molecule has 279 valence electrons. The third-order valence-electron chi connectivity index (χ3n) is 8.60. The van der Waals surface area contributed by atoms with Gasteiger partial charge >= 0.3 is 15.6 Å². The summed E-state index contributed by atoms with van der Waals surface area (Å²) < 4.78 is 69.4. The Hall–Kier alpha value is -4.35. The fraction of sp³-hybridized carbons (Fsp3) is 0.268. The predicted molar refractivity (Wildman–Crippen MR) is 197 cm³/mol. The van der Waals surface area contributed by atoms with Gasteiger partial charge in [-0.05, 0) is 65.6 Å². The standard InChI is InChI=1S/C20H19NO.C20H18NO.CHF3O3S.Ir/c2*1-13(2)10-14-7-5-9-18-17(14)11-19-20(21-18)16-8-4-3-6-15(16)12-22-19;2-1(3,4)8(5,6)7;/h3-9,11,13H,10,12H2,1-2H3;3-7,9,11,13H,10,12H2,1-2H3;(H,5,6,7);/q;-1;;. The first-order chi connectivity index (χ1) is 24.7. The van der Waals surface area contributed by atoms with Crippen LogP contribution in [0.15, 0.2) is 91.0 Å². The molecular weight excluding hydrogens is 882 g/mol. The van der Waals surface area contributed by atoms with Gasteiger partial charge in [0.2, 0.25) is 0 Å². The van der Waals surface area contributed by atoms with Gasteiger partial charge in [-0.3, -0.25) is 9.54 Å². The number of benzene rings is 4. The summed E-state index contributed by atoms with van der Waals surface area (Å²) >= 11 is 0. The van der Waals surface area contributed by atoms with Gasteiger partial charge in [-0.25, -0.2) is 4.98 Å². The Kier molecular flexibility index (Phi) is 12.3. The number of alkyl halides is 3. The van der Waals surface area contributed by atoms with Crippen LogP contribution in [0.4, 0.5) is 13.2 Å². The van der Waals surface area contributed by atoms with Crippen molar-refractivity contribution in [3.63, 3.8) is 0 Å². The van der Waals surface area contributed by atoms with Gasteiger partial charge in [0.05, 0.1) is 17.6 Å². The van der Waals surface area contributed by atoms with Crippen LogP contribution in [-0.2, 0) is 56.3 Å². The SMILES string of the molecule is CC(C)Cc1cccc2nc3c(cc12)OCc1ccc[c-]c1-3.CC(C)Cc1cccc2nc3c(cc12)OCc1ccccc1-3.O=S(=O)(O)C(F)(F)F.[Ir]. The van der Waals surface area contributed by atoms with Gasteiger partial charge in [-0.1, -0.05) is 81.8 Å². The van der Waals surface area contributed by atoms with E-state index >= 15 is 0 Å². The molecule has 0 fully saturated rings. The molecule has 1 radical (unpaired) electrons. The molecular formula is C41H38F3IrN2O5S-. The van der Waals surface area contributed by atoms with Crippen molar-refractivity contribution in [2.45, 2.75) is 59.3 Å². The van der Waals surface area contributed by atoms with Gasteiger partial charge in [-0.15, -0.1) is 29.8 Å². The molecule has 2 aliphatic heterocycles. The number of ether oxygens (including phenoxy) is 2. The van der Waals surface area contributed by atoms with Crippen LogP contribution >= 0.6 is 0 Å². The van der Waals surface area contributed by atoms with Crippen molar-refractivity contribution in [3.05, 3.63) is 119 Å². The van der Waals surface area contributed by atoms with E-state index in [1.54, 1.807) is 0 Å². The topological polar surface area (TPSA) is 98.6 Å². The van der Waals surface area contributed by atoms with Crippen LogP contribution in [0.1, 0.15) is 49.9 Å². The minimum absolute atomic E-state index is 0. The van der Waals surface area contributed by atoms with E-state index in [-0.39, 0.29) is 20.1 Å². The van der Waals surface area contributed by atoms with Crippen LogP contribution in [0.25, 0.3) is 44.3 Å².